The van der Waals surface area contributed by atoms with E-state index in [0.29, 0.717) is 23.7 Å². The molecule has 45 heavy (non-hydrogen) atoms. The molecule has 0 spiro atoms. The van der Waals surface area contributed by atoms with Crippen LogP contribution in [0, 0.1) is 23.7 Å². The molecule has 3 aliphatic carbocycles. The lowest BCUT2D eigenvalue weighted by atomic mass is 9.89. The third-order valence-electron chi connectivity index (χ3n) is 12.0. The molecule has 5 nitrogen and oxygen atoms in total. The highest BCUT2D eigenvalue weighted by molar-refractivity contribution is 6.74. The van der Waals surface area contributed by atoms with Crippen molar-refractivity contribution in [1.82, 2.24) is 0 Å². The molecule has 0 N–H and O–H groups in total. The van der Waals surface area contributed by atoms with Crippen molar-refractivity contribution in [3.8, 4) is 0 Å². The van der Waals surface area contributed by atoms with Crippen molar-refractivity contribution < 1.29 is 23.4 Å². The maximum Gasteiger partial charge on any atom is 0.191 e. The van der Waals surface area contributed by atoms with E-state index in [1.165, 1.54) is 62.5 Å². The van der Waals surface area contributed by atoms with Crippen molar-refractivity contribution in [2.24, 2.45) is 23.7 Å². The Bertz CT molecular complexity index is 1000. The Morgan fingerprint density at radius 3 is 2.29 bits per heavy atom. The van der Waals surface area contributed by atoms with Crippen LogP contribution in [0.4, 0.5) is 0 Å². The van der Waals surface area contributed by atoms with Gasteiger partial charge in [-0.2, -0.15) is 0 Å². The van der Waals surface area contributed by atoms with Gasteiger partial charge in [0.05, 0.1) is 12.2 Å². The van der Waals surface area contributed by atoms with E-state index >= 15 is 0 Å². The molecule has 5 fully saturated rings. The second-order valence-corrected chi connectivity index (χ2v) is 21.3. The Kier molecular flexibility index (Phi) is 13.1. The second-order valence-electron chi connectivity index (χ2n) is 16.5. The van der Waals surface area contributed by atoms with Crippen molar-refractivity contribution in [1.29, 1.82) is 0 Å². The molecule has 3 unspecified atom stereocenters. The summed E-state index contributed by atoms with van der Waals surface area (Å²) in [4.78, 5) is 0. The molecule has 5 aliphatic rings. The van der Waals surface area contributed by atoms with Crippen LogP contribution in [-0.4, -0.2) is 52.9 Å². The van der Waals surface area contributed by atoms with Gasteiger partial charge in [0.1, 0.15) is 0 Å². The van der Waals surface area contributed by atoms with Gasteiger partial charge in [0.15, 0.2) is 20.9 Å². The third kappa shape index (κ3) is 10.1. The predicted octanol–water partition coefficient (Wildman–Crippen LogP) is 10.3. The molecular formula is C39H66O5Si. The molecule has 5 rings (SSSR count). The number of unbranched alkanes of at least 4 members (excludes halogenated alkanes) is 1. The first-order valence-corrected chi connectivity index (χ1v) is 21.8. The van der Waals surface area contributed by atoms with Crippen LogP contribution in [0.1, 0.15) is 130 Å². The molecule has 0 aromatic carbocycles. The zero-order valence-corrected chi connectivity index (χ0v) is 30.7. The van der Waals surface area contributed by atoms with Crippen LogP contribution in [0.5, 0.6) is 0 Å². The van der Waals surface area contributed by atoms with Crippen molar-refractivity contribution in [2.45, 2.75) is 173 Å². The van der Waals surface area contributed by atoms with Crippen LogP contribution < -0.4 is 0 Å². The van der Waals surface area contributed by atoms with Gasteiger partial charge in [-0.1, -0.05) is 45.8 Å². The van der Waals surface area contributed by atoms with Gasteiger partial charge in [-0.3, -0.25) is 0 Å². The third-order valence-corrected chi connectivity index (χ3v) is 16.5. The topological polar surface area (TPSA) is 46.2 Å². The van der Waals surface area contributed by atoms with Gasteiger partial charge in [-0.05, 0) is 144 Å². The molecule has 2 aliphatic heterocycles. The first-order valence-electron chi connectivity index (χ1n) is 18.9. The number of hydrogen-bond acceptors (Lipinski definition) is 5. The van der Waals surface area contributed by atoms with Crippen molar-refractivity contribution in [3.05, 3.63) is 29.0 Å². The Hall–Kier alpha value is -0.723. The standard InChI is InChI=1S/C39H66O5Si/c1-29(15-9-14-24-42-45(5,6)39(2,3)4)25-30-26-32-28-36(44-38-19-11-13-23-41-38)33(34(32)27-30)20-21-35(31-16-7-8-17-31)43-37-18-10-12-22-40-37/h20-21,31-38H,7-19,22-24,26-28H2,1-6H3/b21-20+/t25?,32-,33?,34-,35+,36?,37-,38?/m0/s1. The molecule has 0 bridgehead atoms. The minimum absolute atomic E-state index is 0.0335. The lowest BCUT2D eigenvalue weighted by Gasteiger charge is -2.36. The smallest absolute Gasteiger partial charge is 0.191 e. The summed E-state index contributed by atoms with van der Waals surface area (Å²) in [6.07, 6.45) is 24.2. The fourth-order valence-electron chi connectivity index (χ4n) is 8.20. The number of hydrogen-bond donors (Lipinski definition) is 0. The molecule has 0 amide bonds. The maximum absolute atomic E-state index is 6.76. The largest absolute Gasteiger partial charge is 0.417 e. The Balaban J connectivity index is 1.22. The van der Waals surface area contributed by atoms with E-state index in [4.69, 9.17) is 23.4 Å². The minimum atomic E-state index is -1.65. The summed E-state index contributed by atoms with van der Waals surface area (Å²) in [6, 6.07) is 0. The van der Waals surface area contributed by atoms with Crippen molar-refractivity contribution in [2.75, 3.05) is 19.8 Å². The molecule has 0 aromatic heterocycles. The highest BCUT2D eigenvalue weighted by Gasteiger charge is 2.47. The minimum Gasteiger partial charge on any atom is -0.417 e. The second kappa shape index (κ2) is 16.6. The predicted molar refractivity (Wildman–Crippen MR) is 186 cm³/mol. The number of ether oxygens (including phenoxy) is 4. The average Bonchev–Trinajstić information content (AvgIpc) is 3.73. The van der Waals surface area contributed by atoms with E-state index in [1.54, 1.807) is 0 Å². The molecule has 3 saturated carbocycles. The Labute approximate surface area is 277 Å². The quantitative estimate of drug-likeness (QED) is 0.0866. The summed E-state index contributed by atoms with van der Waals surface area (Å²) >= 11 is 0. The molecule has 7 atom stereocenters. The lowest BCUT2D eigenvalue weighted by Crippen LogP contribution is -2.40. The van der Waals surface area contributed by atoms with E-state index in [-0.39, 0.29) is 29.8 Å². The summed E-state index contributed by atoms with van der Waals surface area (Å²) in [5.41, 5.74) is 6.83. The summed E-state index contributed by atoms with van der Waals surface area (Å²) in [6.45, 7) is 16.5. The summed E-state index contributed by atoms with van der Waals surface area (Å²) in [5.74, 6) is 2.32. The van der Waals surface area contributed by atoms with E-state index in [2.05, 4.69) is 58.7 Å². The SMILES string of the molecule is CC(=C=C1C[C@H]2CC(OC3CCCCO3)C(/C=C/[C@@H](O[C@H]3CCCCO3)C3CCCC3)[C@H]2C1)CCCCO[Si](C)(C)C(C)(C)C. The lowest BCUT2D eigenvalue weighted by molar-refractivity contribution is -0.193. The Morgan fingerprint density at radius 2 is 1.62 bits per heavy atom. The van der Waals surface area contributed by atoms with Crippen molar-refractivity contribution in [3.63, 3.8) is 0 Å². The van der Waals surface area contributed by atoms with Gasteiger partial charge in [0.25, 0.3) is 0 Å². The molecular weight excluding hydrogens is 577 g/mol. The zero-order chi connectivity index (χ0) is 31.9. The first kappa shape index (κ1) is 35.6. The van der Waals surface area contributed by atoms with Crippen LogP contribution in [-0.2, 0) is 23.4 Å². The summed E-state index contributed by atoms with van der Waals surface area (Å²) in [5, 5.41) is 0.280. The van der Waals surface area contributed by atoms with E-state index in [1.807, 2.05) is 0 Å². The van der Waals surface area contributed by atoms with Crippen molar-refractivity contribution >= 4 is 8.32 Å². The van der Waals surface area contributed by atoms with Crippen LogP contribution in [0.25, 0.3) is 0 Å². The molecule has 0 aromatic rings. The fraction of sp³-hybridized carbons (Fsp3) is 0.872. The normalized spacial score (nSPS) is 32.3. The van der Waals surface area contributed by atoms with Crippen LogP contribution in [0.2, 0.25) is 18.1 Å². The average molecular weight is 643 g/mol. The number of allylic oxidation sites excluding steroid dienone is 1. The molecule has 6 heteroatoms. The van der Waals surface area contributed by atoms with Crippen LogP contribution >= 0.6 is 0 Å². The molecule has 2 saturated heterocycles. The maximum atomic E-state index is 6.76. The van der Waals surface area contributed by atoms with E-state index < -0.39 is 8.32 Å². The fourth-order valence-corrected chi connectivity index (χ4v) is 9.29. The number of rotatable bonds is 13. The number of fused-ring (bicyclic) bond motifs is 1. The molecule has 0 radical (unpaired) electrons. The van der Waals surface area contributed by atoms with E-state index in [0.717, 1.165) is 71.2 Å². The van der Waals surface area contributed by atoms with Crippen LogP contribution in [0.15, 0.2) is 29.0 Å². The molecule has 256 valence electrons. The van der Waals surface area contributed by atoms with Crippen LogP contribution in [0.3, 0.4) is 0 Å². The first-order chi connectivity index (χ1) is 21.6. The monoisotopic (exact) mass is 642 g/mol. The summed E-state index contributed by atoms with van der Waals surface area (Å²) < 4.78 is 32.0. The molecule has 2 heterocycles. The highest BCUT2D eigenvalue weighted by atomic mass is 28.4. The summed E-state index contributed by atoms with van der Waals surface area (Å²) in [7, 11) is -1.65. The van der Waals surface area contributed by atoms with Gasteiger partial charge in [0.2, 0.25) is 0 Å². The van der Waals surface area contributed by atoms with Gasteiger partial charge < -0.3 is 23.4 Å². The highest BCUT2D eigenvalue weighted by Crippen LogP contribution is 2.52. The van der Waals surface area contributed by atoms with Gasteiger partial charge >= 0.3 is 0 Å². The van der Waals surface area contributed by atoms with Gasteiger partial charge in [-0.25, -0.2) is 0 Å². The zero-order valence-electron chi connectivity index (χ0n) is 29.7. The van der Waals surface area contributed by atoms with E-state index in [9.17, 15) is 0 Å². The van der Waals surface area contributed by atoms with Gasteiger partial charge in [-0.15, -0.1) is 5.73 Å². The Morgan fingerprint density at radius 1 is 0.933 bits per heavy atom. The van der Waals surface area contributed by atoms with Gasteiger partial charge in [0, 0.05) is 25.7 Å².